The summed E-state index contributed by atoms with van der Waals surface area (Å²) < 4.78 is 15.8. The summed E-state index contributed by atoms with van der Waals surface area (Å²) in [4.78, 5) is 0. The first-order chi connectivity index (χ1) is 10.2. The van der Waals surface area contributed by atoms with Crippen LogP contribution in [0.15, 0.2) is 36.7 Å². The summed E-state index contributed by atoms with van der Waals surface area (Å²) in [6.07, 6.45) is 6.71. The molecule has 4 heteroatoms. The molecule has 0 aliphatic heterocycles. The Labute approximate surface area is 126 Å². The van der Waals surface area contributed by atoms with Gasteiger partial charge in [0.05, 0.1) is 6.20 Å². The van der Waals surface area contributed by atoms with Gasteiger partial charge in [0, 0.05) is 24.3 Å². The third-order valence-electron chi connectivity index (χ3n) is 3.53. The molecule has 1 atom stereocenters. The third kappa shape index (κ3) is 4.39. The number of nitrogens with zero attached hydrogens (tertiary/aromatic N) is 2. The van der Waals surface area contributed by atoms with Crippen molar-refractivity contribution in [3.8, 4) is 0 Å². The van der Waals surface area contributed by atoms with Crippen LogP contribution in [0, 0.1) is 5.82 Å². The maximum absolute atomic E-state index is 13.9. The van der Waals surface area contributed by atoms with Gasteiger partial charge < -0.3 is 5.32 Å². The van der Waals surface area contributed by atoms with Crippen LogP contribution in [-0.4, -0.2) is 16.3 Å². The Hall–Kier alpha value is -1.68. The van der Waals surface area contributed by atoms with E-state index in [4.69, 9.17) is 0 Å². The van der Waals surface area contributed by atoms with E-state index in [1.165, 1.54) is 6.07 Å². The van der Waals surface area contributed by atoms with E-state index >= 15 is 0 Å². The number of hydrogen-bond donors (Lipinski definition) is 1. The van der Waals surface area contributed by atoms with Gasteiger partial charge in [-0.15, -0.1) is 0 Å². The first-order valence-corrected chi connectivity index (χ1v) is 7.73. The van der Waals surface area contributed by atoms with Crippen molar-refractivity contribution in [2.24, 2.45) is 0 Å². The SMILES string of the molecule is CCCNC(Cc1ccccc1F)c1cnn(CCC)c1. The quantitative estimate of drug-likeness (QED) is 0.802. The van der Waals surface area contributed by atoms with Gasteiger partial charge in [0.1, 0.15) is 5.82 Å². The van der Waals surface area contributed by atoms with Gasteiger partial charge in [-0.3, -0.25) is 4.68 Å². The van der Waals surface area contributed by atoms with Crippen LogP contribution in [0.25, 0.3) is 0 Å². The Morgan fingerprint density at radius 2 is 2.05 bits per heavy atom. The number of hydrogen-bond acceptors (Lipinski definition) is 2. The second kappa shape index (κ2) is 7.93. The van der Waals surface area contributed by atoms with E-state index in [-0.39, 0.29) is 11.9 Å². The Balaban J connectivity index is 2.15. The molecule has 0 saturated carbocycles. The van der Waals surface area contributed by atoms with E-state index < -0.39 is 0 Å². The summed E-state index contributed by atoms with van der Waals surface area (Å²) in [7, 11) is 0. The van der Waals surface area contributed by atoms with Crippen LogP contribution in [0.4, 0.5) is 4.39 Å². The molecule has 1 unspecified atom stereocenters. The van der Waals surface area contributed by atoms with Crippen molar-refractivity contribution in [2.75, 3.05) is 6.54 Å². The normalized spacial score (nSPS) is 12.5. The highest BCUT2D eigenvalue weighted by Gasteiger charge is 2.15. The molecule has 1 N–H and O–H groups in total. The van der Waals surface area contributed by atoms with Crippen molar-refractivity contribution < 1.29 is 4.39 Å². The summed E-state index contributed by atoms with van der Waals surface area (Å²) in [6, 6.07) is 7.09. The maximum atomic E-state index is 13.9. The van der Waals surface area contributed by atoms with Gasteiger partial charge in [0.25, 0.3) is 0 Å². The number of halogens is 1. The number of benzene rings is 1. The zero-order valence-corrected chi connectivity index (χ0v) is 12.8. The molecule has 21 heavy (non-hydrogen) atoms. The van der Waals surface area contributed by atoms with E-state index in [9.17, 15) is 4.39 Å². The average molecular weight is 289 g/mol. The van der Waals surface area contributed by atoms with Crippen LogP contribution in [0.1, 0.15) is 43.9 Å². The van der Waals surface area contributed by atoms with Crippen LogP contribution in [0.2, 0.25) is 0 Å². The molecule has 0 fully saturated rings. The molecule has 0 radical (unpaired) electrons. The highest BCUT2D eigenvalue weighted by atomic mass is 19.1. The molecule has 2 aromatic rings. The van der Waals surface area contributed by atoms with Crippen molar-refractivity contribution >= 4 is 0 Å². The Bertz CT molecular complexity index is 550. The molecule has 1 aromatic heterocycles. The monoisotopic (exact) mass is 289 g/mol. The first kappa shape index (κ1) is 15.7. The second-order valence-corrected chi connectivity index (χ2v) is 5.34. The predicted molar refractivity (Wildman–Crippen MR) is 83.7 cm³/mol. The van der Waals surface area contributed by atoms with Gasteiger partial charge >= 0.3 is 0 Å². The maximum Gasteiger partial charge on any atom is 0.126 e. The average Bonchev–Trinajstić information content (AvgIpc) is 2.94. The predicted octanol–water partition coefficient (Wildman–Crippen LogP) is 3.72. The number of nitrogens with one attached hydrogen (secondary N) is 1. The smallest absolute Gasteiger partial charge is 0.126 e. The lowest BCUT2D eigenvalue weighted by molar-refractivity contribution is 0.511. The van der Waals surface area contributed by atoms with Crippen molar-refractivity contribution in [2.45, 2.75) is 45.7 Å². The molecular weight excluding hydrogens is 265 g/mol. The zero-order chi connectivity index (χ0) is 15.1. The Kier molecular flexibility index (Phi) is 5.93. The van der Waals surface area contributed by atoms with Crippen molar-refractivity contribution in [3.05, 3.63) is 53.6 Å². The fourth-order valence-corrected chi connectivity index (χ4v) is 2.42. The molecule has 0 aliphatic carbocycles. The first-order valence-electron chi connectivity index (χ1n) is 7.73. The molecule has 0 aliphatic rings. The summed E-state index contributed by atoms with van der Waals surface area (Å²) in [5, 5.41) is 7.88. The molecule has 0 amide bonds. The largest absolute Gasteiger partial charge is 0.310 e. The minimum atomic E-state index is -0.137. The fraction of sp³-hybridized carbons (Fsp3) is 0.471. The summed E-state index contributed by atoms with van der Waals surface area (Å²) in [6.45, 7) is 6.10. The third-order valence-corrected chi connectivity index (χ3v) is 3.53. The van der Waals surface area contributed by atoms with Crippen LogP contribution in [0.5, 0.6) is 0 Å². The Morgan fingerprint density at radius 1 is 1.24 bits per heavy atom. The Morgan fingerprint density at radius 3 is 2.76 bits per heavy atom. The summed E-state index contributed by atoms with van der Waals surface area (Å²) >= 11 is 0. The molecule has 2 rings (SSSR count). The molecule has 114 valence electrons. The zero-order valence-electron chi connectivity index (χ0n) is 12.8. The lowest BCUT2D eigenvalue weighted by atomic mass is 10.0. The van der Waals surface area contributed by atoms with Crippen LogP contribution in [0.3, 0.4) is 0 Å². The molecule has 3 nitrogen and oxygen atoms in total. The molecule has 0 saturated heterocycles. The molecule has 0 spiro atoms. The van der Waals surface area contributed by atoms with E-state index in [1.54, 1.807) is 6.07 Å². The number of aryl methyl sites for hydroxylation is 1. The summed E-state index contributed by atoms with van der Waals surface area (Å²) in [5.74, 6) is -0.137. The van der Waals surface area contributed by atoms with Gasteiger partial charge in [-0.2, -0.15) is 5.10 Å². The van der Waals surface area contributed by atoms with Gasteiger partial charge in [0.2, 0.25) is 0 Å². The van der Waals surface area contributed by atoms with Gasteiger partial charge in [-0.05, 0) is 37.4 Å². The summed E-state index contributed by atoms with van der Waals surface area (Å²) in [5.41, 5.74) is 1.87. The van der Waals surface area contributed by atoms with Crippen molar-refractivity contribution in [1.29, 1.82) is 0 Å². The van der Waals surface area contributed by atoms with Crippen LogP contribution < -0.4 is 5.32 Å². The fourth-order valence-electron chi connectivity index (χ4n) is 2.42. The highest BCUT2D eigenvalue weighted by Crippen LogP contribution is 2.20. The lowest BCUT2D eigenvalue weighted by Gasteiger charge is -2.17. The van der Waals surface area contributed by atoms with Crippen molar-refractivity contribution in [1.82, 2.24) is 15.1 Å². The molecule has 1 heterocycles. The molecule has 1 aromatic carbocycles. The van der Waals surface area contributed by atoms with E-state index in [0.29, 0.717) is 6.42 Å². The minimum absolute atomic E-state index is 0.104. The molecular formula is C17H24FN3. The highest BCUT2D eigenvalue weighted by molar-refractivity contribution is 5.22. The van der Waals surface area contributed by atoms with E-state index in [2.05, 4.69) is 30.5 Å². The van der Waals surface area contributed by atoms with Gasteiger partial charge in [0.15, 0.2) is 0 Å². The number of aromatic nitrogens is 2. The van der Waals surface area contributed by atoms with Crippen LogP contribution >= 0.6 is 0 Å². The lowest BCUT2D eigenvalue weighted by Crippen LogP contribution is -2.24. The standard InChI is InChI=1S/C17H24FN3/c1-3-9-19-17(11-14-7-5-6-8-16(14)18)15-12-20-21(13-15)10-4-2/h5-8,12-13,17,19H,3-4,9-11H2,1-2H3. The topological polar surface area (TPSA) is 29.9 Å². The van der Waals surface area contributed by atoms with E-state index in [0.717, 1.165) is 37.1 Å². The number of rotatable bonds is 8. The molecule has 0 bridgehead atoms. The van der Waals surface area contributed by atoms with Crippen LogP contribution in [-0.2, 0) is 13.0 Å². The van der Waals surface area contributed by atoms with Gasteiger partial charge in [-0.1, -0.05) is 32.0 Å². The minimum Gasteiger partial charge on any atom is -0.310 e. The van der Waals surface area contributed by atoms with Gasteiger partial charge in [-0.25, -0.2) is 4.39 Å². The van der Waals surface area contributed by atoms with Crippen molar-refractivity contribution in [3.63, 3.8) is 0 Å². The second-order valence-electron chi connectivity index (χ2n) is 5.34. The van der Waals surface area contributed by atoms with E-state index in [1.807, 2.05) is 23.0 Å².